The van der Waals surface area contributed by atoms with Crippen LogP contribution >= 0.6 is 0 Å². The highest BCUT2D eigenvalue weighted by atomic mass is 32.2. The molecule has 0 saturated heterocycles. The number of halogens is 3. The van der Waals surface area contributed by atoms with Crippen molar-refractivity contribution in [1.82, 2.24) is 9.29 Å². The lowest BCUT2D eigenvalue weighted by atomic mass is 9.88. The highest BCUT2D eigenvalue weighted by Gasteiger charge is 2.46. The third kappa shape index (κ3) is 5.21. The molecule has 1 spiro atoms. The van der Waals surface area contributed by atoms with Crippen LogP contribution in [0, 0.1) is 11.3 Å². The van der Waals surface area contributed by atoms with Gasteiger partial charge in [0, 0.05) is 35.9 Å². The van der Waals surface area contributed by atoms with Crippen molar-refractivity contribution in [1.29, 1.82) is 0 Å². The van der Waals surface area contributed by atoms with Gasteiger partial charge >= 0.3 is 6.18 Å². The van der Waals surface area contributed by atoms with E-state index in [9.17, 15) is 26.4 Å². The second kappa shape index (κ2) is 8.87. The second-order valence-electron chi connectivity index (χ2n) is 9.49. The second-order valence-corrected chi connectivity index (χ2v) is 11.5. The molecule has 0 aromatic carbocycles. The highest BCUT2D eigenvalue weighted by molar-refractivity contribution is 7.93. The van der Waals surface area contributed by atoms with Crippen molar-refractivity contribution in [2.24, 2.45) is 16.3 Å². The van der Waals surface area contributed by atoms with Crippen LogP contribution in [0.1, 0.15) is 51.4 Å². The number of carbonyl (C=O) groups excluding carboxylic acids is 1. The van der Waals surface area contributed by atoms with Crippen LogP contribution in [-0.2, 0) is 14.8 Å². The molecule has 6 nitrogen and oxygen atoms in total. The molecule has 0 bridgehead atoms. The van der Waals surface area contributed by atoms with Gasteiger partial charge in [-0.05, 0) is 68.1 Å². The number of aromatic nitrogens is 1. The van der Waals surface area contributed by atoms with Crippen LogP contribution in [0.25, 0.3) is 11.8 Å². The number of H-pyrrole nitrogens is 1. The van der Waals surface area contributed by atoms with Crippen LogP contribution in [0.2, 0.25) is 0 Å². The molecule has 2 aliphatic carbocycles. The monoisotopic (exact) mass is 495 g/mol. The van der Waals surface area contributed by atoms with E-state index in [1.165, 1.54) is 0 Å². The van der Waals surface area contributed by atoms with Gasteiger partial charge < -0.3 is 4.98 Å². The van der Waals surface area contributed by atoms with E-state index in [2.05, 4.69) is 11.6 Å². The zero-order chi connectivity index (χ0) is 24.7. The number of aliphatic imine (C=N–C) groups is 1. The minimum absolute atomic E-state index is 0.0436. The van der Waals surface area contributed by atoms with E-state index < -0.39 is 28.5 Å². The molecule has 4 rings (SSSR count). The SMILES string of the molecule is C=C1C=NC(C2CC/C=C(\S(=O)(=O)N(C)C(=O)CC(F)(F)F)CC3(CC2)CC3)=c2cc[nH]c2=C1. The van der Waals surface area contributed by atoms with E-state index in [0.29, 0.717) is 12.8 Å². The number of carbonyl (C=O) groups is 1. The van der Waals surface area contributed by atoms with Crippen LogP contribution in [-0.4, -0.2) is 43.1 Å². The fraction of sp³-hybridized carbons (Fsp3) is 0.500. The van der Waals surface area contributed by atoms with Crippen LogP contribution in [0.15, 0.2) is 40.4 Å². The Morgan fingerprint density at radius 3 is 2.71 bits per heavy atom. The molecule has 34 heavy (non-hydrogen) atoms. The molecule has 1 amide bonds. The lowest BCUT2D eigenvalue weighted by Gasteiger charge is -2.23. The molecule has 1 N–H and O–H groups in total. The van der Waals surface area contributed by atoms with E-state index in [4.69, 9.17) is 4.99 Å². The Balaban J connectivity index is 1.63. The molecule has 1 aliphatic heterocycles. The van der Waals surface area contributed by atoms with Gasteiger partial charge in [0.15, 0.2) is 0 Å². The molecular formula is C24H28F3N3O3S. The largest absolute Gasteiger partial charge is 0.397 e. The molecule has 1 atom stereocenters. The maximum Gasteiger partial charge on any atom is 0.397 e. The number of alkyl halides is 3. The predicted octanol–water partition coefficient (Wildman–Crippen LogP) is 3.53. The van der Waals surface area contributed by atoms with Crippen LogP contribution < -0.4 is 10.6 Å². The summed E-state index contributed by atoms with van der Waals surface area (Å²) in [6.45, 7) is 3.99. The van der Waals surface area contributed by atoms with Gasteiger partial charge in [0.2, 0.25) is 5.91 Å². The summed E-state index contributed by atoms with van der Waals surface area (Å²) in [6.07, 6.45) is 5.15. The van der Waals surface area contributed by atoms with E-state index in [1.807, 2.05) is 18.3 Å². The number of hydrogen-bond donors (Lipinski definition) is 1. The Kier molecular flexibility index (Phi) is 6.39. The molecule has 184 valence electrons. The number of rotatable bonds is 4. The van der Waals surface area contributed by atoms with Gasteiger partial charge in [-0.1, -0.05) is 12.7 Å². The van der Waals surface area contributed by atoms with Crippen molar-refractivity contribution >= 4 is 33.9 Å². The number of nitrogens with zero attached hydrogens (tertiary/aromatic N) is 2. The lowest BCUT2D eigenvalue weighted by molar-refractivity contribution is -0.157. The zero-order valence-corrected chi connectivity index (χ0v) is 19.8. The summed E-state index contributed by atoms with van der Waals surface area (Å²) in [5.74, 6) is -1.39. The number of fused-ring (bicyclic) bond motifs is 1. The van der Waals surface area contributed by atoms with Crippen molar-refractivity contribution in [3.63, 3.8) is 0 Å². The molecule has 1 aromatic heterocycles. The number of aromatic amines is 1. The summed E-state index contributed by atoms with van der Waals surface area (Å²) in [4.78, 5) is 20.0. The Hall–Kier alpha value is -2.62. The van der Waals surface area contributed by atoms with Gasteiger partial charge in [0.1, 0.15) is 6.42 Å². The van der Waals surface area contributed by atoms with E-state index in [0.717, 1.165) is 54.6 Å². The smallest absolute Gasteiger partial charge is 0.361 e. The normalized spacial score (nSPS) is 24.1. The van der Waals surface area contributed by atoms with Crippen molar-refractivity contribution in [3.8, 4) is 0 Å². The maximum atomic E-state index is 13.1. The first kappa shape index (κ1) is 24.5. The average molecular weight is 496 g/mol. The molecule has 10 heteroatoms. The van der Waals surface area contributed by atoms with E-state index in [-0.39, 0.29) is 27.0 Å². The average Bonchev–Trinajstić information content (AvgIpc) is 3.38. The number of sulfonamides is 1. The summed E-state index contributed by atoms with van der Waals surface area (Å²) in [5, 5.41) is 1.93. The highest BCUT2D eigenvalue weighted by Crippen LogP contribution is 2.56. The summed E-state index contributed by atoms with van der Waals surface area (Å²) in [6, 6.07) is 1.98. The van der Waals surface area contributed by atoms with Crippen LogP contribution in [0.5, 0.6) is 0 Å². The number of hydrogen-bond acceptors (Lipinski definition) is 4. The summed E-state index contributed by atoms with van der Waals surface area (Å²) in [5.41, 5.74) is 1.50. The van der Waals surface area contributed by atoms with E-state index in [1.54, 1.807) is 12.3 Å². The van der Waals surface area contributed by atoms with Gasteiger partial charge in [0.25, 0.3) is 10.0 Å². The Morgan fingerprint density at radius 1 is 1.29 bits per heavy atom. The molecule has 1 saturated carbocycles. The maximum absolute atomic E-state index is 13.1. The number of nitrogens with one attached hydrogen (secondary N) is 1. The summed E-state index contributed by atoms with van der Waals surface area (Å²) in [7, 11) is -3.42. The Bertz CT molecular complexity index is 1280. The van der Waals surface area contributed by atoms with Gasteiger partial charge in [-0.15, -0.1) is 0 Å². The van der Waals surface area contributed by atoms with Crippen molar-refractivity contribution < 1.29 is 26.4 Å². The van der Waals surface area contributed by atoms with Crippen LogP contribution in [0.3, 0.4) is 0 Å². The first-order valence-electron chi connectivity index (χ1n) is 11.3. The number of allylic oxidation sites excluding steroid dienone is 3. The molecule has 0 radical (unpaired) electrons. The molecule has 1 unspecified atom stereocenters. The standard InChI is InChI=1S/C24H28F3N3O3S/c1-16-12-20-19(7-11-28-20)22(29-15-16)17-4-3-5-18(13-23(8-6-17)9-10-23)34(32,33)30(2)21(31)14-24(25,26)27/h5,7,11-12,15,17,28H,1,3-4,6,8-10,13-14H2,2H3/b18-5-. The topological polar surface area (TPSA) is 82.6 Å². The lowest BCUT2D eigenvalue weighted by Crippen LogP contribution is -2.37. The van der Waals surface area contributed by atoms with Crippen LogP contribution in [0.4, 0.5) is 13.2 Å². The van der Waals surface area contributed by atoms with Crippen molar-refractivity contribution in [3.05, 3.63) is 46.0 Å². The predicted molar refractivity (Wildman–Crippen MR) is 124 cm³/mol. The fourth-order valence-electron chi connectivity index (χ4n) is 4.76. The van der Waals surface area contributed by atoms with Gasteiger partial charge in [-0.25, -0.2) is 12.7 Å². The van der Waals surface area contributed by atoms with Crippen molar-refractivity contribution in [2.75, 3.05) is 7.05 Å². The first-order chi connectivity index (χ1) is 15.9. The molecule has 3 aliphatic rings. The molecular weight excluding hydrogens is 467 g/mol. The third-order valence-electron chi connectivity index (χ3n) is 6.95. The molecule has 1 aromatic rings. The first-order valence-corrected chi connectivity index (χ1v) is 12.7. The molecule has 1 fully saturated rings. The molecule has 2 heterocycles. The number of amides is 1. The Morgan fingerprint density at radius 2 is 2.03 bits per heavy atom. The van der Waals surface area contributed by atoms with Gasteiger partial charge in [-0.2, -0.15) is 13.2 Å². The van der Waals surface area contributed by atoms with E-state index >= 15 is 0 Å². The summed E-state index contributed by atoms with van der Waals surface area (Å²) < 4.78 is 64.5. The fourth-order valence-corrected chi connectivity index (χ4v) is 6.26. The zero-order valence-electron chi connectivity index (χ0n) is 19.0. The minimum Gasteiger partial charge on any atom is -0.361 e. The van der Waals surface area contributed by atoms with Gasteiger partial charge in [-0.3, -0.25) is 9.79 Å². The van der Waals surface area contributed by atoms with Crippen molar-refractivity contribution in [2.45, 2.75) is 57.5 Å². The van der Waals surface area contributed by atoms with Gasteiger partial charge in [0.05, 0.1) is 10.6 Å². The minimum atomic E-state index is -4.77. The summed E-state index contributed by atoms with van der Waals surface area (Å²) >= 11 is 0. The Labute approximate surface area is 196 Å². The quantitative estimate of drug-likeness (QED) is 0.694. The third-order valence-corrected chi connectivity index (χ3v) is 8.85.